The Hall–Kier alpha value is -0.930. The Morgan fingerprint density at radius 3 is 2.29 bits per heavy atom. The molecule has 0 N–H and O–H groups in total. The number of halogens is 2. The van der Waals surface area contributed by atoms with Gasteiger partial charge in [-0.2, -0.15) is 0 Å². The van der Waals surface area contributed by atoms with Gasteiger partial charge in [0, 0.05) is 0 Å². The molecule has 0 aliphatic heterocycles. The van der Waals surface area contributed by atoms with Crippen molar-refractivity contribution in [3.8, 4) is 5.75 Å². The number of methoxy groups -OCH3 is 1. The molecule has 0 amide bonds. The van der Waals surface area contributed by atoms with Gasteiger partial charge in [-0.3, -0.25) is 0 Å². The van der Waals surface area contributed by atoms with Gasteiger partial charge in [-0.05, 0) is 24.3 Å². The molecular weight excluding hydrogens is 227 g/mol. The molecule has 1 aromatic carbocycles. The maximum Gasteiger partial charge on any atom is 0.340 e. The van der Waals surface area contributed by atoms with Crippen molar-refractivity contribution in [2.24, 2.45) is 0 Å². The van der Waals surface area contributed by atoms with Crippen molar-refractivity contribution in [1.82, 2.24) is 0 Å². The molecule has 0 spiro atoms. The summed E-state index contributed by atoms with van der Waals surface area (Å²) < 4.78 is 9.49. The van der Waals surface area contributed by atoms with Gasteiger partial charge in [0.15, 0.2) is 0 Å². The van der Waals surface area contributed by atoms with Crippen LogP contribution in [0.15, 0.2) is 24.3 Å². The predicted molar refractivity (Wildman–Crippen MR) is 53.9 cm³/mol. The van der Waals surface area contributed by atoms with E-state index in [1.54, 1.807) is 31.4 Å². The van der Waals surface area contributed by atoms with Gasteiger partial charge in [-0.25, -0.2) is 4.79 Å². The third-order valence-electron chi connectivity index (χ3n) is 1.52. The molecule has 0 aromatic heterocycles. The van der Waals surface area contributed by atoms with Crippen molar-refractivity contribution in [2.45, 2.75) is 5.02 Å². The van der Waals surface area contributed by atoms with Crippen molar-refractivity contribution in [1.29, 1.82) is 0 Å². The van der Waals surface area contributed by atoms with E-state index in [-0.39, 0.29) is 0 Å². The van der Waals surface area contributed by atoms with E-state index in [1.807, 2.05) is 0 Å². The van der Waals surface area contributed by atoms with Gasteiger partial charge in [0.1, 0.15) is 5.75 Å². The van der Waals surface area contributed by atoms with E-state index in [0.717, 1.165) is 0 Å². The lowest BCUT2D eigenvalue weighted by atomic mass is 10.2. The second-order valence-electron chi connectivity index (χ2n) is 2.39. The van der Waals surface area contributed by atoms with Crippen LogP contribution in [0.3, 0.4) is 0 Å². The highest BCUT2D eigenvalue weighted by atomic mass is 35.5. The summed E-state index contributed by atoms with van der Waals surface area (Å²) in [7, 11) is 1.54. The average Bonchev–Trinajstić information content (AvgIpc) is 2.17. The van der Waals surface area contributed by atoms with E-state index in [2.05, 4.69) is 4.74 Å². The van der Waals surface area contributed by atoms with Gasteiger partial charge < -0.3 is 9.47 Å². The minimum absolute atomic E-state index is 0.372. The highest BCUT2D eigenvalue weighted by Gasteiger charge is 2.10. The third-order valence-corrected chi connectivity index (χ3v) is 1.70. The van der Waals surface area contributed by atoms with Crippen LogP contribution in [0.25, 0.3) is 0 Å². The number of carbonyl (C=O) groups is 1. The Kier molecular flexibility index (Phi) is 4.04. The molecule has 3 nitrogen and oxygen atoms in total. The van der Waals surface area contributed by atoms with Crippen LogP contribution in [0.2, 0.25) is 0 Å². The largest absolute Gasteiger partial charge is 0.497 e. The smallest absolute Gasteiger partial charge is 0.340 e. The fourth-order valence-electron chi connectivity index (χ4n) is 0.876. The number of esters is 1. The Bertz CT molecular complexity index is 308. The molecule has 0 saturated carbocycles. The summed E-state index contributed by atoms with van der Waals surface area (Å²) in [5.41, 5.74) is 0.372. The molecule has 0 aliphatic rings. The van der Waals surface area contributed by atoms with Crippen LogP contribution < -0.4 is 4.74 Å². The molecule has 5 heteroatoms. The number of rotatable bonds is 3. The number of hydrogen-bond acceptors (Lipinski definition) is 3. The highest BCUT2D eigenvalue weighted by Crippen LogP contribution is 2.14. The Morgan fingerprint density at radius 2 is 1.86 bits per heavy atom. The minimum Gasteiger partial charge on any atom is -0.497 e. The maximum absolute atomic E-state index is 11.2. The SMILES string of the molecule is COc1ccc(C(=O)OC(Cl)Cl)cc1. The van der Waals surface area contributed by atoms with E-state index in [4.69, 9.17) is 27.9 Å². The van der Waals surface area contributed by atoms with Crippen LogP contribution >= 0.6 is 23.2 Å². The van der Waals surface area contributed by atoms with Crippen molar-refractivity contribution in [2.75, 3.05) is 7.11 Å². The normalized spacial score (nSPS) is 10.0. The highest BCUT2D eigenvalue weighted by molar-refractivity contribution is 6.43. The Morgan fingerprint density at radius 1 is 1.29 bits per heavy atom. The summed E-state index contributed by atoms with van der Waals surface area (Å²) in [6.45, 7) is 0. The quantitative estimate of drug-likeness (QED) is 0.596. The predicted octanol–water partition coefficient (Wildman–Crippen LogP) is 2.61. The fraction of sp³-hybridized carbons (Fsp3) is 0.222. The standard InChI is InChI=1S/C9H8Cl2O3/c1-13-7-4-2-6(3-5-7)8(12)14-9(10)11/h2-5,9H,1H3. The Balaban J connectivity index is 2.71. The average molecular weight is 235 g/mol. The summed E-state index contributed by atoms with van der Waals surface area (Å²) in [5.74, 6) is 0.0949. The first-order valence-corrected chi connectivity index (χ1v) is 4.64. The van der Waals surface area contributed by atoms with Crippen LogP contribution in [-0.2, 0) is 4.74 Å². The van der Waals surface area contributed by atoms with Gasteiger partial charge >= 0.3 is 5.97 Å². The van der Waals surface area contributed by atoms with Crippen LogP contribution in [0, 0.1) is 0 Å². The first-order valence-electron chi connectivity index (χ1n) is 3.76. The van der Waals surface area contributed by atoms with E-state index in [1.165, 1.54) is 0 Å². The first kappa shape index (κ1) is 11.1. The van der Waals surface area contributed by atoms with Crippen LogP contribution in [0.5, 0.6) is 5.75 Å². The lowest BCUT2D eigenvalue weighted by Crippen LogP contribution is -2.07. The zero-order valence-electron chi connectivity index (χ0n) is 7.37. The number of ether oxygens (including phenoxy) is 2. The molecule has 1 aromatic rings. The fourth-order valence-corrected chi connectivity index (χ4v) is 1.04. The van der Waals surface area contributed by atoms with Crippen molar-refractivity contribution < 1.29 is 14.3 Å². The molecule has 0 atom stereocenters. The monoisotopic (exact) mass is 234 g/mol. The molecule has 0 bridgehead atoms. The van der Waals surface area contributed by atoms with Crippen molar-refractivity contribution in [3.05, 3.63) is 29.8 Å². The summed E-state index contributed by atoms with van der Waals surface area (Å²) >= 11 is 10.6. The molecular formula is C9H8Cl2O3. The summed E-state index contributed by atoms with van der Waals surface area (Å²) in [6, 6.07) is 6.43. The number of alkyl halides is 2. The summed E-state index contributed by atoms with van der Waals surface area (Å²) in [6.07, 6.45) is 0. The molecule has 0 unspecified atom stereocenters. The zero-order valence-corrected chi connectivity index (χ0v) is 8.88. The van der Waals surface area contributed by atoms with Gasteiger partial charge in [0.2, 0.25) is 0 Å². The van der Waals surface area contributed by atoms with Crippen LogP contribution in [-0.4, -0.2) is 18.1 Å². The van der Waals surface area contributed by atoms with E-state index in [9.17, 15) is 4.79 Å². The van der Waals surface area contributed by atoms with Crippen LogP contribution in [0.1, 0.15) is 10.4 Å². The van der Waals surface area contributed by atoms with Crippen molar-refractivity contribution >= 4 is 29.2 Å². The molecule has 0 radical (unpaired) electrons. The second kappa shape index (κ2) is 5.08. The number of hydrogen-bond donors (Lipinski definition) is 0. The maximum atomic E-state index is 11.2. The summed E-state index contributed by atoms with van der Waals surface area (Å²) in [4.78, 5) is 11.2. The van der Waals surface area contributed by atoms with E-state index in [0.29, 0.717) is 11.3 Å². The molecule has 1 rings (SSSR count). The molecule has 0 aliphatic carbocycles. The molecule has 0 heterocycles. The van der Waals surface area contributed by atoms with E-state index >= 15 is 0 Å². The Labute approximate surface area is 91.5 Å². The first-order chi connectivity index (χ1) is 6.63. The van der Waals surface area contributed by atoms with Crippen LogP contribution in [0.4, 0.5) is 0 Å². The molecule has 76 valence electrons. The minimum atomic E-state index is -1.15. The molecule has 14 heavy (non-hydrogen) atoms. The number of benzene rings is 1. The third kappa shape index (κ3) is 3.09. The molecule has 0 saturated heterocycles. The lowest BCUT2D eigenvalue weighted by Gasteiger charge is -2.05. The van der Waals surface area contributed by atoms with Gasteiger partial charge in [-0.15, -0.1) is 0 Å². The van der Waals surface area contributed by atoms with Gasteiger partial charge in [0.05, 0.1) is 12.7 Å². The van der Waals surface area contributed by atoms with Gasteiger partial charge in [0.25, 0.3) is 5.02 Å². The topological polar surface area (TPSA) is 35.5 Å². The lowest BCUT2D eigenvalue weighted by molar-refractivity contribution is 0.0536. The second-order valence-corrected chi connectivity index (χ2v) is 3.41. The number of carbonyl (C=O) groups excluding carboxylic acids is 1. The molecule has 0 fully saturated rings. The van der Waals surface area contributed by atoms with E-state index < -0.39 is 11.0 Å². The van der Waals surface area contributed by atoms with Gasteiger partial charge in [-0.1, -0.05) is 23.2 Å². The summed E-state index contributed by atoms with van der Waals surface area (Å²) in [5, 5.41) is -1.15. The van der Waals surface area contributed by atoms with Crippen molar-refractivity contribution in [3.63, 3.8) is 0 Å². The zero-order chi connectivity index (χ0) is 10.6.